The highest BCUT2D eigenvalue weighted by Crippen LogP contribution is 2.31. The van der Waals surface area contributed by atoms with Gasteiger partial charge < -0.3 is 9.72 Å². The number of aromatic amines is 1. The molecule has 0 saturated heterocycles. The number of aromatic nitrogens is 1. The number of nitrogens with one attached hydrogen (secondary N) is 1. The minimum atomic E-state index is -1.12. The van der Waals surface area contributed by atoms with Crippen molar-refractivity contribution in [3.8, 4) is 11.1 Å². The van der Waals surface area contributed by atoms with E-state index in [4.69, 9.17) is 16.3 Å². The van der Waals surface area contributed by atoms with E-state index in [1.807, 2.05) is 0 Å². The molecule has 0 saturated carbocycles. The number of carbonyl (C=O) groups is 3. The first-order chi connectivity index (χ1) is 10.5. The molecule has 1 N–H and O–H groups in total. The summed E-state index contributed by atoms with van der Waals surface area (Å²) in [7, 11) is 0. The quantitative estimate of drug-likeness (QED) is 0.397. The fourth-order valence-corrected chi connectivity index (χ4v) is 2.34. The van der Waals surface area contributed by atoms with Crippen LogP contribution in [0.2, 0.25) is 0 Å². The summed E-state index contributed by atoms with van der Waals surface area (Å²) in [5, 5.41) is -1.12. The summed E-state index contributed by atoms with van der Waals surface area (Å²) in [5.74, 6) is -1.45. The summed E-state index contributed by atoms with van der Waals surface area (Å²) in [4.78, 5) is 38.2. The van der Waals surface area contributed by atoms with Gasteiger partial charge in [0.05, 0.1) is 12.2 Å². The lowest BCUT2D eigenvalue weighted by atomic mass is 9.99. The fourth-order valence-electron chi connectivity index (χ4n) is 2.25. The summed E-state index contributed by atoms with van der Waals surface area (Å²) in [6, 6.07) is 8.82. The van der Waals surface area contributed by atoms with Crippen molar-refractivity contribution in [3.63, 3.8) is 0 Å². The molecule has 0 aliphatic carbocycles. The maximum absolute atomic E-state index is 12.2. The topological polar surface area (TPSA) is 76.2 Å². The molecular formula is C16H14ClNO4. The van der Waals surface area contributed by atoms with Gasteiger partial charge in [-0.3, -0.25) is 9.59 Å². The average molecular weight is 320 g/mol. The second-order valence-electron chi connectivity index (χ2n) is 4.56. The van der Waals surface area contributed by atoms with Crippen molar-refractivity contribution in [1.29, 1.82) is 0 Å². The highest BCUT2D eigenvalue weighted by molar-refractivity contribution is 6.83. The zero-order valence-electron chi connectivity index (χ0n) is 12.1. The molecule has 114 valence electrons. The number of rotatable bonds is 5. The number of ether oxygens (including phenoxy) is 1. The molecule has 22 heavy (non-hydrogen) atoms. The molecule has 2 aromatic rings. The molecule has 0 spiro atoms. The van der Waals surface area contributed by atoms with E-state index in [0.29, 0.717) is 16.8 Å². The number of Topliss-reactive ketones (excluding diaryl/α,β-unsaturated/α-hetero) is 1. The van der Waals surface area contributed by atoms with E-state index in [9.17, 15) is 14.4 Å². The van der Waals surface area contributed by atoms with Gasteiger partial charge in [0.15, 0.2) is 0 Å². The van der Waals surface area contributed by atoms with Crippen LogP contribution in [0.4, 0.5) is 0 Å². The Kier molecular flexibility index (Phi) is 4.78. The van der Waals surface area contributed by atoms with Gasteiger partial charge in [0.25, 0.3) is 11.0 Å². The minimum absolute atomic E-state index is 0.00764. The molecule has 1 aromatic carbocycles. The maximum atomic E-state index is 12.2. The second-order valence-corrected chi connectivity index (χ2v) is 4.91. The van der Waals surface area contributed by atoms with E-state index >= 15 is 0 Å². The van der Waals surface area contributed by atoms with E-state index < -0.39 is 17.0 Å². The summed E-state index contributed by atoms with van der Waals surface area (Å²) < 4.78 is 5.04. The first-order valence-corrected chi connectivity index (χ1v) is 7.04. The van der Waals surface area contributed by atoms with Gasteiger partial charge in [-0.15, -0.1) is 0 Å². The third-order valence-corrected chi connectivity index (χ3v) is 3.31. The lowest BCUT2D eigenvalue weighted by molar-refractivity contribution is -0.108. The van der Waals surface area contributed by atoms with Crippen LogP contribution >= 0.6 is 11.6 Å². The summed E-state index contributed by atoms with van der Waals surface area (Å²) in [6.07, 6.45) is 0. The Labute approximate surface area is 132 Å². The predicted molar refractivity (Wildman–Crippen MR) is 82.1 cm³/mol. The Morgan fingerprint density at radius 3 is 2.36 bits per heavy atom. The van der Waals surface area contributed by atoms with E-state index in [1.165, 1.54) is 0 Å². The molecule has 0 bridgehead atoms. The van der Waals surface area contributed by atoms with Crippen LogP contribution in [0.3, 0.4) is 0 Å². The van der Waals surface area contributed by atoms with Gasteiger partial charge in [-0.05, 0) is 31.0 Å². The molecule has 0 radical (unpaired) electrons. The third-order valence-electron chi connectivity index (χ3n) is 3.14. The second kappa shape index (κ2) is 6.58. The van der Waals surface area contributed by atoms with Crippen LogP contribution in [0.15, 0.2) is 30.3 Å². The molecule has 5 nitrogen and oxygen atoms in total. The van der Waals surface area contributed by atoms with E-state index in [2.05, 4.69) is 4.98 Å². The Hall–Kier alpha value is -2.40. The first-order valence-electron chi connectivity index (χ1n) is 6.66. The number of halogens is 1. The molecule has 0 amide bonds. The molecule has 0 aliphatic heterocycles. The van der Waals surface area contributed by atoms with Crippen molar-refractivity contribution in [2.75, 3.05) is 6.61 Å². The Balaban J connectivity index is 2.72. The molecule has 0 unspecified atom stereocenters. The molecule has 1 heterocycles. The number of benzene rings is 1. The van der Waals surface area contributed by atoms with E-state index in [0.717, 1.165) is 0 Å². The number of hydrogen-bond acceptors (Lipinski definition) is 4. The molecule has 1 aromatic heterocycles. The normalized spacial score (nSPS) is 10.3. The number of esters is 1. The maximum Gasteiger partial charge on any atom is 0.340 e. The average Bonchev–Trinajstić information content (AvgIpc) is 2.84. The van der Waals surface area contributed by atoms with Crippen molar-refractivity contribution in [2.24, 2.45) is 0 Å². The van der Waals surface area contributed by atoms with Gasteiger partial charge >= 0.3 is 5.97 Å². The van der Waals surface area contributed by atoms with Crippen LogP contribution in [0.5, 0.6) is 0 Å². The number of carbonyl (C=O) groups excluding carboxylic acids is 3. The Morgan fingerprint density at radius 2 is 1.82 bits per heavy atom. The molecule has 0 atom stereocenters. The van der Waals surface area contributed by atoms with E-state index in [1.54, 1.807) is 44.2 Å². The monoisotopic (exact) mass is 319 g/mol. The highest BCUT2D eigenvalue weighted by Gasteiger charge is 2.28. The molecular weight excluding hydrogens is 306 g/mol. The number of H-pyrrole nitrogens is 1. The highest BCUT2D eigenvalue weighted by atomic mass is 35.5. The summed E-state index contributed by atoms with van der Waals surface area (Å²) >= 11 is 5.30. The molecule has 2 rings (SSSR count). The van der Waals surface area contributed by atoms with Gasteiger partial charge in [0.2, 0.25) is 0 Å². The smallest absolute Gasteiger partial charge is 0.340 e. The number of aryl methyl sites for hydroxylation is 1. The number of ketones is 1. The molecule has 0 aliphatic rings. The zero-order chi connectivity index (χ0) is 16.3. The van der Waals surface area contributed by atoms with Crippen LogP contribution in [-0.2, 0) is 9.53 Å². The van der Waals surface area contributed by atoms with Crippen molar-refractivity contribution in [3.05, 3.63) is 47.3 Å². The minimum Gasteiger partial charge on any atom is -0.462 e. The lowest BCUT2D eigenvalue weighted by Crippen LogP contribution is -2.10. The van der Waals surface area contributed by atoms with Crippen molar-refractivity contribution < 1.29 is 19.1 Å². The summed E-state index contributed by atoms with van der Waals surface area (Å²) in [5.41, 5.74) is 1.62. The van der Waals surface area contributed by atoms with Crippen LogP contribution in [0, 0.1) is 6.92 Å². The van der Waals surface area contributed by atoms with Crippen molar-refractivity contribution in [1.82, 2.24) is 4.98 Å². The van der Waals surface area contributed by atoms with Crippen LogP contribution in [0.25, 0.3) is 11.1 Å². The van der Waals surface area contributed by atoms with Crippen LogP contribution < -0.4 is 0 Å². The lowest BCUT2D eigenvalue weighted by Gasteiger charge is -2.07. The zero-order valence-corrected chi connectivity index (χ0v) is 12.9. The first kappa shape index (κ1) is 16.0. The van der Waals surface area contributed by atoms with Gasteiger partial charge in [-0.1, -0.05) is 30.3 Å². The third kappa shape index (κ3) is 2.94. The largest absolute Gasteiger partial charge is 0.462 e. The fraction of sp³-hybridized carbons (Fsp3) is 0.188. The Morgan fingerprint density at radius 1 is 1.18 bits per heavy atom. The van der Waals surface area contributed by atoms with Crippen LogP contribution in [-0.4, -0.2) is 28.6 Å². The predicted octanol–water partition coefficient (Wildman–Crippen LogP) is 3.11. The van der Waals surface area contributed by atoms with Crippen LogP contribution in [0.1, 0.15) is 33.5 Å². The van der Waals surface area contributed by atoms with E-state index in [-0.39, 0.29) is 17.9 Å². The Bertz CT molecular complexity index is 734. The standard InChI is InChI=1S/C16H14ClNO4/c1-3-22-16(21)11-9(2)18-13(14(19)15(17)20)12(11)10-7-5-4-6-8-10/h4-8,18H,3H2,1-2H3. The van der Waals surface area contributed by atoms with Crippen molar-refractivity contribution in [2.45, 2.75) is 13.8 Å². The number of hydrogen-bond donors (Lipinski definition) is 1. The summed E-state index contributed by atoms with van der Waals surface area (Å²) in [6.45, 7) is 3.53. The van der Waals surface area contributed by atoms with Gasteiger partial charge in [-0.2, -0.15) is 0 Å². The SMILES string of the molecule is CCOC(=O)c1c(C)[nH]c(C(=O)C(=O)Cl)c1-c1ccccc1. The van der Waals surface area contributed by atoms with Gasteiger partial charge in [0, 0.05) is 11.3 Å². The van der Waals surface area contributed by atoms with Gasteiger partial charge in [0.1, 0.15) is 5.69 Å². The molecule has 6 heteroatoms. The molecule has 0 fully saturated rings. The van der Waals surface area contributed by atoms with Gasteiger partial charge in [-0.25, -0.2) is 4.79 Å². The van der Waals surface area contributed by atoms with Crippen molar-refractivity contribution >= 4 is 28.6 Å².